The van der Waals surface area contributed by atoms with E-state index in [4.69, 9.17) is 4.99 Å². The number of aromatic nitrogens is 1. The Labute approximate surface area is 183 Å². The van der Waals surface area contributed by atoms with Gasteiger partial charge in [0.05, 0.1) is 13.1 Å². The third-order valence-electron chi connectivity index (χ3n) is 4.62. The van der Waals surface area contributed by atoms with E-state index in [0.29, 0.717) is 13.1 Å². The van der Waals surface area contributed by atoms with Crippen molar-refractivity contribution in [2.75, 3.05) is 25.0 Å². The third-order valence-corrected chi connectivity index (χ3v) is 5.76. The predicted octanol–water partition coefficient (Wildman–Crippen LogP) is 3.96. The van der Waals surface area contributed by atoms with Crippen LogP contribution in [0.3, 0.4) is 0 Å². The van der Waals surface area contributed by atoms with Gasteiger partial charge in [-0.2, -0.15) is 0 Å². The maximum atomic E-state index is 4.75. The quantitative estimate of drug-likeness (QED) is 0.359. The molecule has 2 aromatic rings. The maximum absolute atomic E-state index is 4.75. The van der Waals surface area contributed by atoms with Gasteiger partial charge in [0.2, 0.25) is 0 Å². The van der Waals surface area contributed by atoms with Crippen molar-refractivity contribution in [1.29, 1.82) is 0 Å². The molecule has 2 heterocycles. The third kappa shape index (κ3) is 6.07. The number of aryl methyl sites for hydroxylation is 2. The van der Waals surface area contributed by atoms with Crippen molar-refractivity contribution in [2.24, 2.45) is 4.99 Å². The van der Waals surface area contributed by atoms with E-state index in [1.807, 2.05) is 6.20 Å². The maximum Gasteiger partial charge on any atom is 0.191 e. The van der Waals surface area contributed by atoms with E-state index in [1.54, 1.807) is 11.3 Å². The van der Waals surface area contributed by atoms with Crippen LogP contribution < -0.4 is 15.5 Å². The van der Waals surface area contributed by atoms with Gasteiger partial charge < -0.3 is 15.5 Å². The van der Waals surface area contributed by atoms with Crippen molar-refractivity contribution >= 4 is 47.0 Å². The Bertz CT molecular complexity index is 759. The number of aliphatic imine (C=N–C) groups is 1. The Morgan fingerprint density at radius 2 is 2.15 bits per heavy atom. The Hall–Kier alpha value is -1.35. The van der Waals surface area contributed by atoms with Crippen LogP contribution in [-0.4, -0.2) is 31.1 Å². The number of anilines is 1. The first-order valence-corrected chi connectivity index (χ1v) is 10.3. The number of nitrogens with zero attached hydrogens (tertiary/aromatic N) is 3. The number of nitrogens with one attached hydrogen (secondary N) is 2. The van der Waals surface area contributed by atoms with Gasteiger partial charge in [-0.3, -0.25) is 0 Å². The summed E-state index contributed by atoms with van der Waals surface area (Å²) in [6.07, 6.45) is 5.41. The molecule has 0 bridgehead atoms. The van der Waals surface area contributed by atoms with Crippen LogP contribution >= 0.6 is 35.3 Å². The molecule has 0 saturated carbocycles. The molecule has 0 aliphatic carbocycles. The first-order valence-electron chi connectivity index (χ1n) is 9.48. The summed E-state index contributed by atoms with van der Waals surface area (Å²) >= 11 is 1.76. The highest BCUT2D eigenvalue weighted by Gasteiger charge is 2.13. The number of rotatable bonds is 6. The fraction of sp³-hybridized carbons (Fsp3) is 0.500. The Morgan fingerprint density at radius 3 is 2.89 bits per heavy atom. The summed E-state index contributed by atoms with van der Waals surface area (Å²) in [5, 5.41) is 7.81. The van der Waals surface area contributed by atoms with E-state index in [2.05, 4.69) is 59.6 Å². The van der Waals surface area contributed by atoms with Gasteiger partial charge in [-0.25, -0.2) is 9.98 Å². The average Bonchev–Trinajstić information content (AvgIpc) is 3.12. The Kier molecular flexibility index (Phi) is 8.82. The minimum atomic E-state index is 0. The van der Waals surface area contributed by atoms with Gasteiger partial charge in [-0.15, -0.1) is 35.3 Å². The zero-order valence-corrected chi connectivity index (χ0v) is 19.6. The predicted molar refractivity (Wildman–Crippen MR) is 127 cm³/mol. The van der Waals surface area contributed by atoms with E-state index in [0.717, 1.165) is 30.5 Å². The van der Waals surface area contributed by atoms with Gasteiger partial charge in [0.25, 0.3) is 0 Å². The van der Waals surface area contributed by atoms with Crippen molar-refractivity contribution < 1.29 is 0 Å². The second-order valence-corrected chi connectivity index (χ2v) is 7.81. The lowest BCUT2D eigenvalue weighted by Crippen LogP contribution is -2.36. The van der Waals surface area contributed by atoms with Gasteiger partial charge >= 0.3 is 0 Å². The number of halogens is 1. The number of hydrogen-bond donors (Lipinski definition) is 2. The van der Waals surface area contributed by atoms with E-state index >= 15 is 0 Å². The summed E-state index contributed by atoms with van der Waals surface area (Å²) in [6, 6.07) is 6.75. The lowest BCUT2D eigenvalue weighted by atomic mass is 10.00. The minimum absolute atomic E-state index is 0. The van der Waals surface area contributed by atoms with Crippen molar-refractivity contribution in [3.63, 3.8) is 0 Å². The molecule has 1 aliphatic rings. The van der Waals surface area contributed by atoms with Crippen molar-refractivity contribution in [1.82, 2.24) is 15.6 Å². The first kappa shape index (κ1) is 21.9. The molecule has 1 aliphatic heterocycles. The zero-order valence-electron chi connectivity index (χ0n) is 16.4. The van der Waals surface area contributed by atoms with Gasteiger partial charge in [0.1, 0.15) is 5.01 Å². The summed E-state index contributed by atoms with van der Waals surface area (Å²) in [5.41, 5.74) is 4.07. The highest BCUT2D eigenvalue weighted by molar-refractivity contribution is 14.0. The Morgan fingerprint density at radius 1 is 1.30 bits per heavy atom. The summed E-state index contributed by atoms with van der Waals surface area (Å²) in [4.78, 5) is 12.9. The average molecular weight is 499 g/mol. The molecular formula is C20H30IN5S. The zero-order chi connectivity index (χ0) is 18.4. The molecular weight excluding hydrogens is 469 g/mol. The van der Waals surface area contributed by atoms with Gasteiger partial charge in [0, 0.05) is 36.9 Å². The SMILES string of the molecule is CCNC(=NCc1ccc2c(c1)CCCN2C)NCc1ncc(CC)s1.I. The molecule has 5 nitrogen and oxygen atoms in total. The fourth-order valence-corrected chi connectivity index (χ4v) is 4.00. The van der Waals surface area contributed by atoms with Crippen LogP contribution in [0, 0.1) is 0 Å². The summed E-state index contributed by atoms with van der Waals surface area (Å²) in [5.74, 6) is 0.843. The molecule has 0 fully saturated rings. The van der Waals surface area contributed by atoms with Crippen molar-refractivity contribution in [2.45, 2.75) is 46.2 Å². The topological polar surface area (TPSA) is 52.6 Å². The molecule has 1 aromatic heterocycles. The van der Waals surface area contributed by atoms with Crippen LogP contribution in [0.4, 0.5) is 5.69 Å². The van der Waals surface area contributed by atoms with E-state index < -0.39 is 0 Å². The molecule has 7 heteroatoms. The first-order chi connectivity index (χ1) is 12.7. The molecule has 0 amide bonds. The normalized spacial score (nSPS) is 13.7. The highest BCUT2D eigenvalue weighted by Crippen LogP contribution is 2.27. The lowest BCUT2D eigenvalue weighted by molar-refractivity contribution is 0.742. The fourth-order valence-electron chi connectivity index (χ4n) is 3.20. The molecule has 3 rings (SSSR count). The molecule has 148 valence electrons. The molecule has 27 heavy (non-hydrogen) atoms. The number of hydrogen-bond acceptors (Lipinski definition) is 4. The van der Waals surface area contributed by atoms with E-state index in [9.17, 15) is 0 Å². The monoisotopic (exact) mass is 499 g/mol. The molecule has 2 N–H and O–H groups in total. The van der Waals surface area contributed by atoms with Crippen LogP contribution in [-0.2, 0) is 25.9 Å². The van der Waals surface area contributed by atoms with E-state index in [1.165, 1.54) is 34.5 Å². The summed E-state index contributed by atoms with van der Waals surface area (Å²) in [6.45, 7) is 7.64. The molecule has 1 aromatic carbocycles. The largest absolute Gasteiger partial charge is 0.374 e. The standard InChI is InChI=1S/C20H29N5S.HI/c1-4-17-13-22-19(26-17)14-24-20(21-5-2)23-12-15-8-9-18-16(11-15)7-6-10-25(18)3;/h8-9,11,13H,4-7,10,12,14H2,1-3H3,(H2,21,23,24);1H. The molecule has 0 unspecified atom stereocenters. The minimum Gasteiger partial charge on any atom is -0.374 e. The van der Waals surface area contributed by atoms with Crippen LogP contribution in [0.15, 0.2) is 29.4 Å². The Balaban J connectivity index is 0.00000261. The highest BCUT2D eigenvalue weighted by atomic mass is 127. The van der Waals surface area contributed by atoms with Gasteiger partial charge in [-0.1, -0.05) is 19.1 Å². The molecule has 0 spiro atoms. The van der Waals surface area contributed by atoms with Crippen LogP contribution in [0.5, 0.6) is 0 Å². The number of guanidine groups is 1. The number of fused-ring (bicyclic) bond motifs is 1. The second-order valence-electron chi connectivity index (χ2n) is 6.61. The number of thiazole rings is 1. The van der Waals surface area contributed by atoms with Gasteiger partial charge in [-0.05, 0) is 43.4 Å². The van der Waals surface area contributed by atoms with Gasteiger partial charge in [0.15, 0.2) is 5.96 Å². The smallest absolute Gasteiger partial charge is 0.191 e. The molecule has 0 radical (unpaired) electrons. The summed E-state index contributed by atoms with van der Waals surface area (Å²) < 4.78 is 0. The van der Waals surface area contributed by atoms with Crippen molar-refractivity contribution in [3.05, 3.63) is 45.4 Å². The molecule has 0 atom stereocenters. The number of benzene rings is 1. The second kappa shape index (κ2) is 10.8. The van der Waals surface area contributed by atoms with Crippen molar-refractivity contribution in [3.8, 4) is 0 Å². The van der Waals surface area contributed by atoms with Crippen LogP contribution in [0.1, 0.15) is 41.3 Å². The van der Waals surface area contributed by atoms with Crippen LogP contribution in [0.25, 0.3) is 0 Å². The molecule has 0 saturated heterocycles. The van der Waals surface area contributed by atoms with Crippen LogP contribution in [0.2, 0.25) is 0 Å². The summed E-state index contributed by atoms with van der Waals surface area (Å²) in [7, 11) is 2.17. The lowest BCUT2D eigenvalue weighted by Gasteiger charge is -2.27. The van der Waals surface area contributed by atoms with E-state index in [-0.39, 0.29) is 24.0 Å².